The largest absolute Gasteiger partial charge is 0.504 e. The summed E-state index contributed by atoms with van der Waals surface area (Å²) in [7, 11) is 0. The topological polar surface area (TPSA) is 124 Å². The van der Waals surface area contributed by atoms with Crippen LogP contribution in [0.15, 0.2) is 53.8 Å². The Morgan fingerprint density at radius 1 is 0.958 bits per heavy atom. The minimum atomic E-state index is -0.608. The minimum Gasteiger partial charge on any atom is -0.504 e. The van der Waals surface area contributed by atoms with Gasteiger partial charge in [0.25, 0.3) is 5.95 Å². The van der Waals surface area contributed by atoms with Crippen LogP contribution >= 0.6 is 0 Å². The lowest BCUT2D eigenvalue weighted by Crippen LogP contribution is -2.00. The van der Waals surface area contributed by atoms with Gasteiger partial charge in [0.15, 0.2) is 11.5 Å². The lowest BCUT2D eigenvalue weighted by atomic mass is 10.2. The molecule has 1 heterocycles. The predicted molar refractivity (Wildman–Crippen MR) is 87.9 cm³/mol. The second-order valence-electron chi connectivity index (χ2n) is 4.77. The summed E-state index contributed by atoms with van der Waals surface area (Å²) < 4.78 is 0. The molecule has 0 saturated carbocycles. The molecule has 3 aromatic rings. The molecular formula is C16H13N5O3. The van der Waals surface area contributed by atoms with Crippen LogP contribution in [0.5, 0.6) is 17.2 Å². The van der Waals surface area contributed by atoms with Gasteiger partial charge in [0, 0.05) is 11.1 Å². The summed E-state index contributed by atoms with van der Waals surface area (Å²) in [5, 5.41) is 40.0. The van der Waals surface area contributed by atoms with Crippen molar-refractivity contribution in [2.45, 2.75) is 0 Å². The zero-order valence-electron chi connectivity index (χ0n) is 12.3. The highest BCUT2D eigenvalue weighted by atomic mass is 16.3. The number of aromatic nitrogens is 3. The number of phenols is 3. The first kappa shape index (κ1) is 15.2. The van der Waals surface area contributed by atoms with Crippen LogP contribution in [0.1, 0.15) is 5.56 Å². The summed E-state index contributed by atoms with van der Waals surface area (Å²) in [6.45, 7) is 0. The molecule has 24 heavy (non-hydrogen) atoms. The van der Waals surface area contributed by atoms with Crippen molar-refractivity contribution >= 4 is 12.2 Å². The number of nitrogens with zero attached hydrogens (tertiary/aromatic N) is 4. The Labute approximate surface area is 136 Å². The van der Waals surface area contributed by atoms with E-state index in [0.29, 0.717) is 5.69 Å². The number of phenolic OH excluding ortho intramolecular Hbond substituents is 3. The molecule has 0 spiro atoms. The van der Waals surface area contributed by atoms with Crippen molar-refractivity contribution < 1.29 is 15.3 Å². The number of nitrogens with one attached hydrogen (secondary N) is 1. The van der Waals surface area contributed by atoms with E-state index in [2.05, 4.69) is 25.7 Å². The first-order valence-corrected chi connectivity index (χ1v) is 6.93. The van der Waals surface area contributed by atoms with E-state index in [1.54, 1.807) is 0 Å². The number of hydrogen-bond donors (Lipinski definition) is 4. The standard InChI is InChI=1S/C16H13N5O3/c22-13-7-6-11(14(23)15(13)24)8-17-20-16-19-12(9-18-21-16)10-4-2-1-3-5-10/h1-9,22-24H,(H,19,20,21). The zero-order chi connectivity index (χ0) is 16.9. The van der Waals surface area contributed by atoms with Gasteiger partial charge >= 0.3 is 0 Å². The van der Waals surface area contributed by atoms with E-state index in [-0.39, 0.29) is 11.5 Å². The monoisotopic (exact) mass is 323 g/mol. The summed E-state index contributed by atoms with van der Waals surface area (Å²) in [4.78, 5) is 4.28. The predicted octanol–water partition coefficient (Wildman–Crippen LogP) is 2.10. The summed E-state index contributed by atoms with van der Waals surface area (Å²) in [6, 6.07) is 12.1. The molecule has 0 fully saturated rings. The summed E-state index contributed by atoms with van der Waals surface area (Å²) in [5.74, 6) is -1.32. The molecule has 8 heteroatoms. The third kappa shape index (κ3) is 3.22. The smallest absolute Gasteiger partial charge is 0.263 e. The highest BCUT2D eigenvalue weighted by Crippen LogP contribution is 2.36. The first-order valence-electron chi connectivity index (χ1n) is 6.93. The first-order chi connectivity index (χ1) is 11.6. The Morgan fingerprint density at radius 2 is 1.75 bits per heavy atom. The van der Waals surface area contributed by atoms with Crippen LogP contribution in [-0.2, 0) is 0 Å². The van der Waals surface area contributed by atoms with Gasteiger partial charge in [0.1, 0.15) is 0 Å². The number of hydrazone groups is 1. The SMILES string of the molecule is Oc1ccc(C=NNc2nncc(-c3ccccc3)n2)c(O)c1O. The van der Waals surface area contributed by atoms with Crippen LogP contribution in [0.4, 0.5) is 5.95 Å². The average molecular weight is 323 g/mol. The fourth-order valence-corrected chi connectivity index (χ4v) is 1.95. The van der Waals surface area contributed by atoms with Crippen molar-refractivity contribution in [3.63, 3.8) is 0 Å². The van der Waals surface area contributed by atoms with Crippen LogP contribution < -0.4 is 5.43 Å². The van der Waals surface area contributed by atoms with Gasteiger partial charge in [-0.2, -0.15) is 10.2 Å². The lowest BCUT2D eigenvalue weighted by Gasteiger charge is -2.04. The molecule has 4 N–H and O–H groups in total. The van der Waals surface area contributed by atoms with Crippen molar-refractivity contribution in [2.75, 3.05) is 5.43 Å². The van der Waals surface area contributed by atoms with Crippen LogP contribution in [0.3, 0.4) is 0 Å². The van der Waals surface area contributed by atoms with Crippen molar-refractivity contribution in [3.05, 3.63) is 54.2 Å². The van der Waals surface area contributed by atoms with Crippen molar-refractivity contribution in [1.82, 2.24) is 15.2 Å². The summed E-state index contributed by atoms with van der Waals surface area (Å²) in [6.07, 6.45) is 2.79. The van der Waals surface area contributed by atoms with Gasteiger partial charge in [0.2, 0.25) is 5.75 Å². The van der Waals surface area contributed by atoms with Crippen molar-refractivity contribution in [1.29, 1.82) is 0 Å². The number of aromatic hydroxyl groups is 3. The molecular weight excluding hydrogens is 310 g/mol. The van der Waals surface area contributed by atoms with E-state index < -0.39 is 17.2 Å². The molecule has 0 aliphatic rings. The zero-order valence-corrected chi connectivity index (χ0v) is 12.3. The molecule has 0 unspecified atom stereocenters. The Kier molecular flexibility index (Phi) is 4.19. The third-order valence-corrected chi connectivity index (χ3v) is 3.16. The van der Waals surface area contributed by atoms with Crippen LogP contribution in [0, 0.1) is 0 Å². The van der Waals surface area contributed by atoms with Crippen molar-refractivity contribution in [3.8, 4) is 28.5 Å². The highest BCUT2D eigenvalue weighted by molar-refractivity contribution is 5.86. The van der Waals surface area contributed by atoms with E-state index in [0.717, 1.165) is 5.56 Å². The molecule has 0 aliphatic heterocycles. The maximum atomic E-state index is 9.70. The maximum absolute atomic E-state index is 9.70. The number of rotatable bonds is 4. The van der Waals surface area contributed by atoms with E-state index >= 15 is 0 Å². The van der Waals surface area contributed by atoms with Gasteiger partial charge in [0.05, 0.1) is 18.1 Å². The molecule has 0 saturated heterocycles. The van der Waals surface area contributed by atoms with Crippen LogP contribution in [0.25, 0.3) is 11.3 Å². The number of anilines is 1. The van der Waals surface area contributed by atoms with Gasteiger partial charge in [-0.15, -0.1) is 5.10 Å². The van der Waals surface area contributed by atoms with Crippen LogP contribution in [0.2, 0.25) is 0 Å². The second kappa shape index (κ2) is 6.61. The molecule has 0 aliphatic carbocycles. The molecule has 120 valence electrons. The summed E-state index contributed by atoms with van der Waals surface area (Å²) in [5.41, 5.74) is 4.33. The normalized spacial score (nSPS) is 10.8. The van der Waals surface area contributed by atoms with E-state index in [9.17, 15) is 15.3 Å². The molecule has 0 bridgehead atoms. The van der Waals surface area contributed by atoms with Gasteiger partial charge in [-0.1, -0.05) is 30.3 Å². The summed E-state index contributed by atoms with van der Waals surface area (Å²) >= 11 is 0. The van der Waals surface area contributed by atoms with E-state index in [1.807, 2.05) is 30.3 Å². The molecule has 1 aromatic heterocycles. The number of hydrogen-bond acceptors (Lipinski definition) is 8. The Morgan fingerprint density at radius 3 is 2.54 bits per heavy atom. The molecule has 0 radical (unpaired) electrons. The quantitative estimate of drug-likeness (QED) is 0.329. The molecule has 8 nitrogen and oxygen atoms in total. The number of benzene rings is 2. The Hall–Kier alpha value is -3.68. The second-order valence-corrected chi connectivity index (χ2v) is 4.77. The van der Waals surface area contributed by atoms with Crippen LogP contribution in [-0.4, -0.2) is 36.7 Å². The fourth-order valence-electron chi connectivity index (χ4n) is 1.95. The highest BCUT2D eigenvalue weighted by Gasteiger charge is 2.09. The fraction of sp³-hybridized carbons (Fsp3) is 0. The molecule has 0 amide bonds. The van der Waals surface area contributed by atoms with Gasteiger partial charge < -0.3 is 15.3 Å². The molecule has 2 aromatic carbocycles. The van der Waals surface area contributed by atoms with Gasteiger partial charge in [-0.05, 0) is 12.1 Å². The van der Waals surface area contributed by atoms with Gasteiger partial charge in [-0.3, -0.25) is 0 Å². The maximum Gasteiger partial charge on any atom is 0.263 e. The van der Waals surface area contributed by atoms with Gasteiger partial charge in [-0.25, -0.2) is 10.4 Å². The molecule has 0 atom stereocenters. The third-order valence-electron chi connectivity index (χ3n) is 3.16. The molecule has 3 rings (SSSR count). The Balaban J connectivity index is 1.77. The average Bonchev–Trinajstić information content (AvgIpc) is 2.63. The lowest BCUT2D eigenvalue weighted by molar-refractivity contribution is 0.367. The Bertz CT molecular complexity index is 884. The van der Waals surface area contributed by atoms with Crippen molar-refractivity contribution in [2.24, 2.45) is 5.10 Å². The van der Waals surface area contributed by atoms with E-state index in [4.69, 9.17) is 0 Å². The minimum absolute atomic E-state index is 0.176. The van der Waals surface area contributed by atoms with E-state index in [1.165, 1.54) is 24.5 Å².